The van der Waals surface area contributed by atoms with Crippen molar-refractivity contribution in [3.05, 3.63) is 33.8 Å². The maximum Gasteiger partial charge on any atom is 0.0468 e. The lowest BCUT2D eigenvalue weighted by Crippen LogP contribution is -2.24. The van der Waals surface area contributed by atoms with Gasteiger partial charge in [0.05, 0.1) is 0 Å². The van der Waals surface area contributed by atoms with Crippen molar-refractivity contribution < 1.29 is 4.21 Å². The van der Waals surface area contributed by atoms with Crippen molar-refractivity contribution in [3.63, 3.8) is 0 Å². The van der Waals surface area contributed by atoms with Gasteiger partial charge in [-0.2, -0.15) is 0 Å². The van der Waals surface area contributed by atoms with Crippen LogP contribution in [0.4, 0.5) is 0 Å². The molecule has 5 heteroatoms. The molecule has 2 unspecified atom stereocenters. The molecule has 0 amide bonds. The average Bonchev–Trinajstić information content (AvgIpc) is 2.28. The van der Waals surface area contributed by atoms with Gasteiger partial charge in [-0.05, 0) is 24.6 Å². The molecule has 1 rings (SSSR count). The Hall–Kier alpha value is -0.0900. The number of hydrogen-bond acceptors (Lipinski definition) is 2. The van der Waals surface area contributed by atoms with Crippen molar-refractivity contribution in [1.29, 1.82) is 0 Å². The van der Waals surface area contributed by atoms with Crippen LogP contribution in [0, 0.1) is 0 Å². The van der Waals surface area contributed by atoms with Gasteiger partial charge >= 0.3 is 0 Å². The summed E-state index contributed by atoms with van der Waals surface area (Å²) in [5.74, 6) is 1.38. The fraction of sp³-hybridized carbons (Fsp3) is 0.500. The minimum Gasteiger partial charge on any atom is -0.309 e. The zero-order valence-corrected chi connectivity index (χ0v) is 12.3. The first kappa shape index (κ1) is 15.0. The summed E-state index contributed by atoms with van der Waals surface area (Å²) < 4.78 is 11.3. The molecule has 0 aliphatic carbocycles. The maximum atomic E-state index is 11.3. The standard InChI is InChI=1S/C12H17Cl2NOS/c1-3-17(16)7-6-15-9(2)11-5-4-10(13)8-12(11)14/h4-5,8-9,15H,3,6-7H2,1-2H3. The van der Waals surface area contributed by atoms with Gasteiger partial charge in [-0.1, -0.05) is 36.2 Å². The van der Waals surface area contributed by atoms with Crippen LogP contribution in [0.3, 0.4) is 0 Å². The third-order valence-electron chi connectivity index (χ3n) is 2.53. The first-order valence-electron chi connectivity index (χ1n) is 5.58. The normalized spacial score (nSPS) is 14.6. The lowest BCUT2D eigenvalue weighted by Gasteiger charge is -2.15. The first-order valence-corrected chi connectivity index (χ1v) is 7.82. The molecule has 0 bridgehead atoms. The quantitative estimate of drug-likeness (QED) is 0.871. The lowest BCUT2D eigenvalue weighted by atomic mass is 10.1. The van der Waals surface area contributed by atoms with E-state index < -0.39 is 10.8 Å². The van der Waals surface area contributed by atoms with E-state index in [1.165, 1.54) is 0 Å². The third kappa shape index (κ3) is 4.96. The first-order chi connectivity index (χ1) is 8.04. The molecule has 96 valence electrons. The van der Waals surface area contributed by atoms with Crippen LogP contribution in [0.1, 0.15) is 25.5 Å². The highest BCUT2D eigenvalue weighted by molar-refractivity contribution is 7.84. The van der Waals surface area contributed by atoms with Gasteiger partial charge in [-0.3, -0.25) is 4.21 Å². The molecule has 0 aliphatic rings. The molecule has 2 nitrogen and oxygen atoms in total. The molecule has 0 radical (unpaired) electrons. The van der Waals surface area contributed by atoms with Crippen molar-refractivity contribution in [2.24, 2.45) is 0 Å². The van der Waals surface area contributed by atoms with E-state index >= 15 is 0 Å². The number of rotatable bonds is 6. The van der Waals surface area contributed by atoms with E-state index in [0.29, 0.717) is 21.6 Å². The summed E-state index contributed by atoms with van der Waals surface area (Å²) in [6.07, 6.45) is 0. The minimum atomic E-state index is -0.725. The number of halogens is 2. The van der Waals surface area contributed by atoms with Crippen LogP contribution in [0.15, 0.2) is 18.2 Å². The van der Waals surface area contributed by atoms with E-state index in [1.807, 2.05) is 26.0 Å². The van der Waals surface area contributed by atoms with Gasteiger partial charge in [0.2, 0.25) is 0 Å². The molecule has 1 aromatic rings. The van der Waals surface area contributed by atoms with Crippen molar-refractivity contribution in [2.45, 2.75) is 19.9 Å². The minimum absolute atomic E-state index is 0.133. The number of nitrogens with one attached hydrogen (secondary N) is 1. The average molecular weight is 294 g/mol. The Kier molecular flexibility index (Phi) is 6.49. The number of hydrogen-bond donors (Lipinski definition) is 1. The van der Waals surface area contributed by atoms with Crippen LogP contribution in [-0.4, -0.2) is 22.3 Å². The Morgan fingerprint density at radius 2 is 2.12 bits per heavy atom. The highest BCUT2D eigenvalue weighted by Crippen LogP contribution is 2.25. The molecule has 17 heavy (non-hydrogen) atoms. The van der Waals surface area contributed by atoms with Gasteiger partial charge in [0, 0.05) is 44.9 Å². The van der Waals surface area contributed by atoms with Gasteiger partial charge in [-0.15, -0.1) is 0 Å². The Bertz CT molecular complexity index is 398. The van der Waals surface area contributed by atoms with Crippen molar-refractivity contribution in [1.82, 2.24) is 5.32 Å². The zero-order valence-electron chi connectivity index (χ0n) is 10.0. The van der Waals surface area contributed by atoms with Gasteiger partial charge in [0.1, 0.15) is 0 Å². The summed E-state index contributed by atoms with van der Waals surface area (Å²) in [5.41, 5.74) is 1.01. The monoisotopic (exact) mass is 293 g/mol. The van der Waals surface area contributed by atoms with Crippen molar-refractivity contribution in [2.75, 3.05) is 18.1 Å². The van der Waals surface area contributed by atoms with Crippen LogP contribution in [0.25, 0.3) is 0 Å². The summed E-state index contributed by atoms with van der Waals surface area (Å²) in [6.45, 7) is 4.68. The number of benzene rings is 1. The molecule has 0 aliphatic heterocycles. The molecule has 0 fully saturated rings. The maximum absolute atomic E-state index is 11.3. The van der Waals surface area contributed by atoms with Gasteiger partial charge in [0.15, 0.2) is 0 Å². The van der Waals surface area contributed by atoms with Crippen molar-refractivity contribution >= 4 is 34.0 Å². The third-order valence-corrected chi connectivity index (χ3v) is 4.40. The summed E-state index contributed by atoms with van der Waals surface area (Å²) >= 11 is 11.9. The molecule has 0 saturated carbocycles. The molecule has 0 saturated heterocycles. The second-order valence-electron chi connectivity index (χ2n) is 3.77. The van der Waals surface area contributed by atoms with E-state index in [4.69, 9.17) is 23.2 Å². The Morgan fingerprint density at radius 3 is 2.71 bits per heavy atom. The van der Waals surface area contributed by atoms with E-state index in [-0.39, 0.29) is 6.04 Å². The topological polar surface area (TPSA) is 29.1 Å². The fourth-order valence-electron chi connectivity index (χ4n) is 1.50. The second kappa shape index (κ2) is 7.37. The zero-order chi connectivity index (χ0) is 12.8. The molecule has 1 N–H and O–H groups in total. The predicted molar refractivity (Wildman–Crippen MR) is 76.4 cm³/mol. The Balaban J connectivity index is 2.52. The van der Waals surface area contributed by atoms with E-state index in [0.717, 1.165) is 12.1 Å². The Morgan fingerprint density at radius 1 is 1.41 bits per heavy atom. The van der Waals surface area contributed by atoms with Crippen LogP contribution in [0.2, 0.25) is 10.0 Å². The summed E-state index contributed by atoms with van der Waals surface area (Å²) in [4.78, 5) is 0. The second-order valence-corrected chi connectivity index (χ2v) is 6.48. The fourth-order valence-corrected chi connectivity index (χ4v) is 2.70. The molecule has 2 atom stereocenters. The van der Waals surface area contributed by atoms with Crippen LogP contribution < -0.4 is 5.32 Å². The molecule has 0 heterocycles. The highest BCUT2D eigenvalue weighted by atomic mass is 35.5. The van der Waals surface area contributed by atoms with Crippen molar-refractivity contribution in [3.8, 4) is 0 Å². The molecular weight excluding hydrogens is 277 g/mol. The van der Waals surface area contributed by atoms with Gasteiger partial charge < -0.3 is 5.32 Å². The molecule has 0 spiro atoms. The Labute approximate surface area is 115 Å². The summed E-state index contributed by atoms with van der Waals surface area (Å²) in [6, 6.07) is 5.61. The largest absolute Gasteiger partial charge is 0.309 e. The predicted octanol–water partition coefficient (Wildman–Crippen LogP) is 3.41. The van der Waals surface area contributed by atoms with E-state index in [9.17, 15) is 4.21 Å². The SMILES string of the molecule is CCS(=O)CCNC(C)c1ccc(Cl)cc1Cl. The highest BCUT2D eigenvalue weighted by Gasteiger charge is 2.09. The smallest absolute Gasteiger partial charge is 0.0468 e. The molecule has 0 aromatic heterocycles. The lowest BCUT2D eigenvalue weighted by molar-refractivity contribution is 0.597. The van der Waals surface area contributed by atoms with Gasteiger partial charge in [-0.25, -0.2) is 0 Å². The molecular formula is C12H17Cl2NOS. The van der Waals surface area contributed by atoms with Gasteiger partial charge in [0.25, 0.3) is 0 Å². The summed E-state index contributed by atoms with van der Waals surface area (Å²) in [5, 5.41) is 4.60. The van der Waals surface area contributed by atoms with E-state index in [1.54, 1.807) is 6.07 Å². The van der Waals surface area contributed by atoms with Crippen LogP contribution >= 0.6 is 23.2 Å². The van der Waals surface area contributed by atoms with Crippen LogP contribution in [0.5, 0.6) is 0 Å². The summed E-state index contributed by atoms with van der Waals surface area (Å²) in [7, 11) is -0.725. The van der Waals surface area contributed by atoms with Crippen LogP contribution in [-0.2, 0) is 10.8 Å². The molecule has 1 aromatic carbocycles. The van der Waals surface area contributed by atoms with E-state index in [2.05, 4.69) is 5.32 Å².